The highest BCUT2D eigenvalue weighted by molar-refractivity contribution is 5.64. The van der Waals surface area contributed by atoms with Crippen molar-refractivity contribution in [1.82, 2.24) is 24.6 Å². The molecule has 0 fully saturated rings. The Kier molecular flexibility index (Phi) is 4.67. The normalized spacial score (nSPS) is 14.7. The smallest absolute Gasteiger partial charge is 0.316 e. The molecule has 0 unspecified atom stereocenters. The van der Waals surface area contributed by atoms with Crippen LogP contribution in [-0.4, -0.2) is 44.8 Å². The number of fused-ring (bicyclic) bond motifs is 1. The molecule has 3 aromatic rings. The summed E-state index contributed by atoms with van der Waals surface area (Å²) in [6.07, 6.45) is 5.70. The van der Waals surface area contributed by atoms with Crippen LogP contribution in [0.4, 0.5) is 0 Å². The van der Waals surface area contributed by atoms with E-state index in [1.807, 2.05) is 18.5 Å². The molecule has 0 saturated carbocycles. The van der Waals surface area contributed by atoms with Crippen molar-refractivity contribution in [1.29, 1.82) is 0 Å². The summed E-state index contributed by atoms with van der Waals surface area (Å²) in [5.74, 6) is 0. The van der Waals surface area contributed by atoms with Gasteiger partial charge < -0.3 is 4.74 Å². The van der Waals surface area contributed by atoms with Gasteiger partial charge in [0, 0.05) is 67.9 Å². The van der Waals surface area contributed by atoms with E-state index in [0.29, 0.717) is 6.01 Å². The molecule has 0 atom stereocenters. The first-order valence-electron chi connectivity index (χ1n) is 8.92. The van der Waals surface area contributed by atoms with Gasteiger partial charge in [0.2, 0.25) is 0 Å². The van der Waals surface area contributed by atoms with Gasteiger partial charge in [-0.1, -0.05) is 30.3 Å². The van der Waals surface area contributed by atoms with E-state index in [0.717, 1.165) is 43.7 Å². The molecule has 6 nitrogen and oxygen atoms in total. The fourth-order valence-corrected chi connectivity index (χ4v) is 3.60. The fraction of sp³-hybridized carbons (Fsp3) is 0.350. The van der Waals surface area contributed by atoms with E-state index in [9.17, 15) is 0 Å². The maximum Gasteiger partial charge on any atom is 0.316 e. The van der Waals surface area contributed by atoms with Crippen molar-refractivity contribution >= 4 is 0 Å². The van der Waals surface area contributed by atoms with Crippen molar-refractivity contribution in [2.75, 3.05) is 20.2 Å². The van der Waals surface area contributed by atoms with Crippen molar-refractivity contribution in [2.24, 2.45) is 7.05 Å². The van der Waals surface area contributed by atoms with E-state index in [4.69, 9.17) is 9.84 Å². The lowest BCUT2D eigenvalue weighted by atomic mass is 10.0. The van der Waals surface area contributed by atoms with Crippen LogP contribution in [0.3, 0.4) is 0 Å². The van der Waals surface area contributed by atoms with Crippen LogP contribution in [0.15, 0.2) is 42.7 Å². The Bertz CT molecular complexity index is 873. The third-order valence-corrected chi connectivity index (χ3v) is 4.94. The molecule has 1 aliphatic rings. The Morgan fingerprint density at radius 2 is 1.77 bits per heavy atom. The first-order chi connectivity index (χ1) is 12.7. The van der Waals surface area contributed by atoms with E-state index in [1.165, 1.54) is 16.8 Å². The predicted molar refractivity (Wildman–Crippen MR) is 99.9 cm³/mol. The fourth-order valence-electron chi connectivity index (χ4n) is 3.60. The minimum atomic E-state index is 0.413. The van der Waals surface area contributed by atoms with Gasteiger partial charge in [0.05, 0.1) is 12.8 Å². The first kappa shape index (κ1) is 16.7. The lowest BCUT2D eigenvalue weighted by molar-refractivity contribution is 0.276. The molecular formula is C20H23N5O. The summed E-state index contributed by atoms with van der Waals surface area (Å²) in [5, 5.41) is 4.80. The summed E-state index contributed by atoms with van der Waals surface area (Å²) in [6, 6.07) is 10.9. The molecule has 1 aliphatic heterocycles. The van der Waals surface area contributed by atoms with Crippen molar-refractivity contribution in [2.45, 2.75) is 19.4 Å². The van der Waals surface area contributed by atoms with Gasteiger partial charge in [-0.3, -0.25) is 9.58 Å². The van der Waals surface area contributed by atoms with Crippen molar-refractivity contribution < 1.29 is 4.74 Å². The molecule has 0 aliphatic carbocycles. The average Bonchev–Trinajstić information content (AvgIpc) is 2.86. The second-order valence-electron chi connectivity index (χ2n) is 6.62. The Labute approximate surface area is 153 Å². The Morgan fingerprint density at radius 3 is 2.50 bits per heavy atom. The summed E-state index contributed by atoms with van der Waals surface area (Å²) in [7, 11) is 3.64. The number of methoxy groups -OCH3 is 1. The number of hydrogen-bond acceptors (Lipinski definition) is 5. The van der Waals surface area contributed by atoms with Crippen LogP contribution in [0.2, 0.25) is 0 Å². The number of benzene rings is 1. The third-order valence-electron chi connectivity index (χ3n) is 4.94. The van der Waals surface area contributed by atoms with Crippen LogP contribution in [-0.2, 0) is 26.4 Å². The van der Waals surface area contributed by atoms with E-state index < -0.39 is 0 Å². The summed E-state index contributed by atoms with van der Waals surface area (Å²) in [5.41, 5.74) is 6.15. The molecule has 26 heavy (non-hydrogen) atoms. The Hall–Kier alpha value is -2.73. The monoisotopic (exact) mass is 349 g/mol. The minimum absolute atomic E-state index is 0.413. The van der Waals surface area contributed by atoms with Crippen LogP contribution in [0.1, 0.15) is 16.8 Å². The molecule has 0 amide bonds. The van der Waals surface area contributed by atoms with Gasteiger partial charge in [0.1, 0.15) is 0 Å². The average molecular weight is 349 g/mol. The highest BCUT2D eigenvalue weighted by Gasteiger charge is 2.22. The number of rotatable bonds is 4. The molecule has 6 heteroatoms. The summed E-state index contributed by atoms with van der Waals surface area (Å²) >= 11 is 0. The number of hydrogen-bond donors (Lipinski definition) is 0. The van der Waals surface area contributed by atoms with Gasteiger partial charge in [-0.15, -0.1) is 0 Å². The predicted octanol–water partition coefficient (Wildman–Crippen LogP) is 2.49. The minimum Gasteiger partial charge on any atom is -0.467 e. The number of nitrogens with zero attached hydrogens (tertiary/aromatic N) is 5. The SMILES string of the molecule is COc1ncc(CN2CCc3c(-c4ccccc4)nn(C)c3CC2)cn1. The first-order valence-corrected chi connectivity index (χ1v) is 8.92. The molecule has 0 bridgehead atoms. The summed E-state index contributed by atoms with van der Waals surface area (Å²) < 4.78 is 7.09. The molecule has 4 rings (SSSR count). The third kappa shape index (κ3) is 3.32. The zero-order chi connectivity index (χ0) is 17.9. The quantitative estimate of drug-likeness (QED) is 0.724. The Balaban J connectivity index is 1.52. The van der Waals surface area contributed by atoms with Crippen LogP contribution in [0.5, 0.6) is 6.01 Å². The van der Waals surface area contributed by atoms with E-state index in [2.05, 4.69) is 50.9 Å². The van der Waals surface area contributed by atoms with Gasteiger partial charge in [0.15, 0.2) is 0 Å². The summed E-state index contributed by atoms with van der Waals surface area (Å²) in [4.78, 5) is 10.9. The maximum absolute atomic E-state index is 5.03. The maximum atomic E-state index is 5.03. The zero-order valence-electron chi connectivity index (χ0n) is 15.2. The lowest BCUT2D eigenvalue weighted by Crippen LogP contribution is -2.26. The molecule has 1 aromatic carbocycles. The van der Waals surface area contributed by atoms with Gasteiger partial charge >= 0.3 is 6.01 Å². The van der Waals surface area contributed by atoms with Crippen LogP contribution >= 0.6 is 0 Å². The van der Waals surface area contributed by atoms with Crippen LogP contribution in [0.25, 0.3) is 11.3 Å². The van der Waals surface area contributed by atoms with Gasteiger partial charge in [-0.25, -0.2) is 9.97 Å². The lowest BCUT2D eigenvalue weighted by Gasteiger charge is -2.19. The second kappa shape index (κ2) is 7.25. The van der Waals surface area contributed by atoms with Gasteiger partial charge in [0.25, 0.3) is 0 Å². The van der Waals surface area contributed by atoms with Crippen molar-refractivity contribution in [3.63, 3.8) is 0 Å². The molecular weight excluding hydrogens is 326 g/mol. The zero-order valence-corrected chi connectivity index (χ0v) is 15.2. The number of aryl methyl sites for hydroxylation is 1. The number of ether oxygens (including phenoxy) is 1. The van der Waals surface area contributed by atoms with Gasteiger partial charge in [-0.2, -0.15) is 5.10 Å². The largest absolute Gasteiger partial charge is 0.467 e. The summed E-state index contributed by atoms with van der Waals surface area (Å²) in [6.45, 7) is 2.86. The molecule has 134 valence electrons. The second-order valence-corrected chi connectivity index (χ2v) is 6.62. The van der Waals surface area contributed by atoms with Gasteiger partial charge in [-0.05, 0) is 6.42 Å². The van der Waals surface area contributed by atoms with E-state index >= 15 is 0 Å². The topological polar surface area (TPSA) is 56.1 Å². The molecule has 0 N–H and O–H groups in total. The van der Waals surface area contributed by atoms with Crippen molar-refractivity contribution in [3.05, 3.63) is 59.5 Å². The highest BCUT2D eigenvalue weighted by Crippen LogP contribution is 2.28. The molecule has 2 aromatic heterocycles. The number of aromatic nitrogens is 4. The van der Waals surface area contributed by atoms with Crippen molar-refractivity contribution in [3.8, 4) is 17.3 Å². The molecule has 3 heterocycles. The van der Waals surface area contributed by atoms with Crippen LogP contribution in [0, 0.1) is 0 Å². The Morgan fingerprint density at radius 1 is 1.04 bits per heavy atom. The van der Waals surface area contributed by atoms with E-state index in [1.54, 1.807) is 7.11 Å². The van der Waals surface area contributed by atoms with E-state index in [-0.39, 0.29) is 0 Å². The highest BCUT2D eigenvalue weighted by atomic mass is 16.5. The molecule has 0 spiro atoms. The van der Waals surface area contributed by atoms with Crippen LogP contribution < -0.4 is 4.74 Å². The molecule has 0 radical (unpaired) electrons. The molecule has 0 saturated heterocycles. The standard InChI is InChI=1S/C20H23N5O/c1-24-18-9-11-25(14-15-12-21-20(26-2)22-13-15)10-8-17(18)19(23-24)16-6-4-3-5-7-16/h3-7,12-13H,8-11,14H2,1-2H3.